The molecule has 0 saturated heterocycles. The topological polar surface area (TPSA) is 26.3 Å². The first kappa shape index (κ1) is 14.5. The fourth-order valence-electron chi connectivity index (χ4n) is 1.64. The first-order valence-corrected chi connectivity index (χ1v) is 5.36. The van der Waals surface area contributed by atoms with E-state index in [1.165, 1.54) is 0 Å². The maximum Gasteiger partial charge on any atom is 0.236 e. The molecule has 86 valence electrons. The highest BCUT2D eigenvalue weighted by Gasteiger charge is 2.38. The summed E-state index contributed by atoms with van der Waals surface area (Å²) in [5, 5.41) is 0. The zero-order valence-electron chi connectivity index (χ0n) is 11.1. The van der Waals surface area contributed by atoms with Gasteiger partial charge in [-0.2, -0.15) is 0 Å². The fraction of sp³-hybridized carbons (Fsp3) is 0.917. The Hall–Kier alpha value is -0.465. The van der Waals surface area contributed by atoms with Gasteiger partial charge in [0.1, 0.15) is 5.60 Å². The van der Waals surface area contributed by atoms with Crippen LogP contribution in [0.15, 0.2) is 0 Å². The van der Waals surface area contributed by atoms with E-state index in [1.807, 2.05) is 13.8 Å². The molecule has 0 heterocycles. The lowest BCUT2D eigenvalue weighted by Gasteiger charge is -2.43. The predicted molar refractivity (Wildman–Crippen MR) is 64.2 cm³/mol. The van der Waals surface area contributed by atoms with Crippen molar-refractivity contribution in [2.45, 2.75) is 60.5 Å². The highest BCUT2D eigenvalue weighted by atomic mass is 16.5. The molecule has 0 unspecified atom stereocenters. The summed E-state index contributed by atoms with van der Waals surface area (Å²) in [7, 11) is 5.05. The molecule has 0 saturated carbocycles. The first-order chi connectivity index (χ1) is 6.37. The molecular formula is C12H23BO2. The molecule has 0 aliphatic carbocycles. The normalized spacial score (nSPS) is 13.8. The first-order valence-electron chi connectivity index (χ1n) is 5.36. The highest BCUT2D eigenvalue weighted by Crippen LogP contribution is 2.44. The third-order valence-electron chi connectivity index (χ3n) is 3.27. The molecule has 0 aromatic carbocycles. The molecule has 2 radical (unpaired) electrons. The van der Waals surface area contributed by atoms with Gasteiger partial charge >= 0.3 is 0 Å². The molecule has 0 spiro atoms. The van der Waals surface area contributed by atoms with Crippen molar-refractivity contribution < 1.29 is 9.53 Å². The quantitative estimate of drug-likeness (QED) is 0.666. The second-order valence-corrected chi connectivity index (χ2v) is 6.49. The molecular weight excluding hydrogens is 187 g/mol. The van der Waals surface area contributed by atoms with E-state index in [4.69, 9.17) is 12.6 Å². The van der Waals surface area contributed by atoms with Gasteiger partial charge in [0.25, 0.3) is 0 Å². The van der Waals surface area contributed by atoms with E-state index < -0.39 is 11.5 Å². The maximum atomic E-state index is 10.8. The van der Waals surface area contributed by atoms with Crippen molar-refractivity contribution in [1.29, 1.82) is 0 Å². The summed E-state index contributed by atoms with van der Waals surface area (Å²) in [5.74, 6) is -0.704. The van der Waals surface area contributed by atoms with Crippen molar-refractivity contribution in [3.63, 3.8) is 0 Å². The lowest BCUT2D eigenvalue weighted by atomic mass is 9.64. The van der Waals surface area contributed by atoms with Gasteiger partial charge < -0.3 is 4.74 Å². The molecule has 0 fully saturated rings. The van der Waals surface area contributed by atoms with Crippen LogP contribution in [0.4, 0.5) is 4.79 Å². The highest BCUT2D eigenvalue weighted by molar-refractivity contribution is 6.55. The summed E-state index contributed by atoms with van der Waals surface area (Å²) in [6, 6.07) is 0. The molecule has 2 nitrogen and oxygen atoms in total. The van der Waals surface area contributed by atoms with Crippen molar-refractivity contribution >= 4 is 13.7 Å². The van der Waals surface area contributed by atoms with Crippen LogP contribution in [-0.2, 0) is 4.74 Å². The standard InChI is InChI=1S/C12H23BO2/c1-10(2,3)11(4,5)8-12(6,7)15-9(13)14/h8H2,1-7H3. The molecule has 0 aliphatic rings. The Bertz CT molecular complexity index is 236. The van der Waals surface area contributed by atoms with Gasteiger partial charge in [-0.3, -0.25) is 4.79 Å². The van der Waals surface area contributed by atoms with Crippen LogP contribution >= 0.6 is 0 Å². The zero-order valence-corrected chi connectivity index (χ0v) is 11.1. The second-order valence-electron chi connectivity index (χ2n) is 6.49. The molecule has 15 heavy (non-hydrogen) atoms. The van der Waals surface area contributed by atoms with E-state index in [0.29, 0.717) is 0 Å². The smallest absolute Gasteiger partial charge is 0.236 e. The second kappa shape index (κ2) is 4.19. The number of carbonyl (C=O) groups excluding carboxylic acids is 1. The van der Waals surface area contributed by atoms with E-state index in [1.54, 1.807) is 0 Å². The Morgan fingerprint density at radius 2 is 1.47 bits per heavy atom. The summed E-state index contributed by atoms with van der Waals surface area (Å²) in [5.41, 5.74) is -0.278. The van der Waals surface area contributed by atoms with E-state index in [-0.39, 0.29) is 10.8 Å². The van der Waals surface area contributed by atoms with Crippen LogP contribution in [0, 0.1) is 10.8 Å². The van der Waals surface area contributed by atoms with Crippen LogP contribution in [-0.4, -0.2) is 19.3 Å². The van der Waals surface area contributed by atoms with Crippen LogP contribution in [0.1, 0.15) is 54.9 Å². The average molecular weight is 210 g/mol. The minimum atomic E-state index is -0.704. The van der Waals surface area contributed by atoms with Crippen LogP contribution in [0.2, 0.25) is 0 Å². The van der Waals surface area contributed by atoms with Gasteiger partial charge in [0, 0.05) is 0 Å². The van der Waals surface area contributed by atoms with Crippen LogP contribution in [0.25, 0.3) is 0 Å². The number of carbonyl (C=O) groups is 1. The number of ether oxygens (including phenoxy) is 1. The third-order valence-corrected chi connectivity index (χ3v) is 3.27. The summed E-state index contributed by atoms with van der Waals surface area (Å²) in [4.78, 5) is 10.8. The Labute approximate surface area is 95.2 Å². The average Bonchev–Trinajstić information content (AvgIpc) is 1.75. The predicted octanol–water partition coefficient (Wildman–Crippen LogP) is 3.53. The van der Waals surface area contributed by atoms with Crippen LogP contribution in [0.3, 0.4) is 0 Å². The fourth-order valence-corrected chi connectivity index (χ4v) is 1.64. The van der Waals surface area contributed by atoms with Crippen molar-refractivity contribution in [3.05, 3.63) is 0 Å². The number of hydrogen-bond acceptors (Lipinski definition) is 2. The van der Waals surface area contributed by atoms with E-state index in [9.17, 15) is 4.79 Å². The summed E-state index contributed by atoms with van der Waals surface area (Å²) >= 11 is 0. The lowest BCUT2D eigenvalue weighted by molar-refractivity contribution is -0.0138. The Kier molecular flexibility index (Phi) is 4.06. The van der Waals surface area contributed by atoms with Gasteiger partial charge in [0.2, 0.25) is 13.7 Å². The van der Waals surface area contributed by atoms with Gasteiger partial charge in [0.05, 0.1) is 0 Å². The van der Waals surface area contributed by atoms with Gasteiger partial charge in [-0.05, 0) is 31.1 Å². The SMILES string of the molecule is [B]C(=O)OC(C)(C)CC(C)(C)C(C)(C)C. The Morgan fingerprint density at radius 3 is 1.73 bits per heavy atom. The molecule has 0 N–H and O–H groups in total. The minimum absolute atomic E-state index is 0.0753. The summed E-state index contributed by atoms with van der Waals surface area (Å²) in [6.45, 7) is 14.7. The maximum absolute atomic E-state index is 10.8. The van der Waals surface area contributed by atoms with Crippen LogP contribution < -0.4 is 0 Å². The molecule has 0 aromatic heterocycles. The number of rotatable bonds is 3. The van der Waals surface area contributed by atoms with E-state index in [2.05, 4.69) is 34.6 Å². The molecule has 0 aliphatic heterocycles. The molecule has 0 rings (SSSR count). The van der Waals surface area contributed by atoms with Crippen molar-refractivity contribution in [2.75, 3.05) is 0 Å². The van der Waals surface area contributed by atoms with E-state index >= 15 is 0 Å². The molecule has 0 amide bonds. The molecule has 0 bridgehead atoms. The van der Waals surface area contributed by atoms with Crippen molar-refractivity contribution in [1.82, 2.24) is 0 Å². The van der Waals surface area contributed by atoms with E-state index in [0.717, 1.165) is 6.42 Å². The van der Waals surface area contributed by atoms with Gasteiger partial charge in [0.15, 0.2) is 0 Å². The molecule has 0 aromatic rings. The zero-order chi connectivity index (χ0) is 12.5. The molecule has 3 heteroatoms. The third kappa shape index (κ3) is 4.72. The minimum Gasteiger partial charge on any atom is -0.469 e. The van der Waals surface area contributed by atoms with Gasteiger partial charge in [-0.15, -0.1) is 0 Å². The van der Waals surface area contributed by atoms with Gasteiger partial charge in [-0.25, -0.2) is 0 Å². The molecule has 0 atom stereocenters. The van der Waals surface area contributed by atoms with Crippen molar-refractivity contribution in [2.24, 2.45) is 10.8 Å². The summed E-state index contributed by atoms with van der Waals surface area (Å²) < 4.78 is 5.11. The Morgan fingerprint density at radius 1 is 1.07 bits per heavy atom. The number of hydrogen-bond donors (Lipinski definition) is 0. The largest absolute Gasteiger partial charge is 0.469 e. The Balaban J connectivity index is 4.64. The summed E-state index contributed by atoms with van der Waals surface area (Å²) in [6.07, 6.45) is 0.784. The lowest BCUT2D eigenvalue weighted by Crippen LogP contribution is -2.39. The van der Waals surface area contributed by atoms with Gasteiger partial charge in [-0.1, -0.05) is 34.6 Å². The van der Waals surface area contributed by atoms with Crippen LogP contribution in [0.5, 0.6) is 0 Å². The van der Waals surface area contributed by atoms with Crippen molar-refractivity contribution in [3.8, 4) is 0 Å². The monoisotopic (exact) mass is 210 g/mol.